The highest BCUT2D eigenvalue weighted by Gasteiger charge is 2.21. The predicted octanol–water partition coefficient (Wildman–Crippen LogP) is 1.15. The Bertz CT molecular complexity index is 607. The van der Waals surface area contributed by atoms with Gasteiger partial charge in [0.1, 0.15) is 0 Å². The van der Waals surface area contributed by atoms with E-state index < -0.39 is 10.0 Å². The monoisotopic (exact) mass is 575 g/mol. The first-order chi connectivity index (χ1) is 14.4. The molecule has 11 heteroatoms. The lowest BCUT2D eigenvalue weighted by molar-refractivity contribution is 0.0200. The molecule has 9 nitrogen and oxygen atoms in total. The maximum absolute atomic E-state index is 12.2. The number of hydrogen-bond donors (Lipinski definition) is 3. The van der Waals surface area contributed by atoms with Gasteiger partial charge in [0, 0.05) is 52.4 Å². The molecule has 2 rings (SSSR count). The molecule has 0 saturated carbocycles. The molecule has 2 aliphatic heterocycles. The van der Waals surface area contributed by atoms with Gasteiger partial charge in [-0.2, -0.15) is 0 Å². The van der Waals surface area contributed by atoms with Gasteiger partial charge in [-0.3, -0.25) is 4.99 Å². The minimum atomic E-state index is -3.33. The molecular formula is C20H42IN5O4S. The first kappa shape index (κ1) is 28.8. The second kappa shape index (κ2) is 15.6. The molecule has 0 radical (unpaired) electrons. The van der Waals surface area contributed by atoms with Gasteiger partial charge in [0.05, 0.1) is 24.6 Å². The summed E-state index contributed by atoms with van der Waals surface area (Å²) in [5, 5.41) is 6.54. The second-order valence-electron chi connectivity index (χ2n) is 8.33. The van der Waals surface area contributed by atoms with Crippen LogP contribution in [0, 0.1) is 0 Å². The highest BCUT2D eigenvalue weighted by Crippen LogP contribution is 2.12. The van der Waals surface area contributed by atoms with Crippen molar-refractivity contribution in [3.05, 3.63) is 0 Å². The number of sulfonamides is 1. The van der Waals surface area contributed by atoms with Crippen LogP contribution in [-0.2, 0) is 19.5 Å². The van der Waals surface area contributed by atoms with E-state index in [9.17, 15) is 8.42 Å². The summed E-state index contributed by atoms with van der Waals surface area (Å²) in [5.74, 6) is 0.664. The Hall–Kier alpha value is -0.210. The minimum Gasteiger partial charge on any atom is -0.377 e. The Balaban J connectivity index is 0.00000480. The summed E-state index contributed by atoms with van der Waals surface area (Å²) in [6.45, 7) is 9.30. The number of aliphatic imine (C=N–C) groups is 1. The third-order valence-electron chi connectivity index (χ3n) is 5.48. The van der Waals surface area contributed by atoms with Crippen molar-refractivity contribution in [1.29, 1.82) is 0 Å². The lowest BCUT2D eigenvalue weighted by atomic mass is 10.1. The number of rotatable bonds is 11. The second-order valence-corrected chi connectivity index (χ2v) is 10.3. The molecule has 1 unspecified atom stereocenters. The lowest BCUT2D eigenvalue weighted by Gasteiger charge is -2.33. The van der Waals surface area contributed by atoms with Crippen LogP contribution in [0.5, 0.6) is 0 Å². The normalized spacial score (nSPS) is 21.7. The van der Waals surface area contributed by atoms with E-state index in [1.165, 1.54) is 0 Å². The van der Waals surface area contributed by atoms with Gasteiger partial charge < -0.3 is 25.0 Å². The van der Waals surface area contributed by atoms with Gasteiger partial charge in [0.25, 0.3) is 0 Å². The number of likely N-dealkylation sites (tertiary alicyclic amines) is 1. The van der Waals surface area contributed by atoms with Crippen LogP contribution in [0.1, 0.15) is 46.0 Å². The summed E-state index contributed by atoms with van der Waals surface area (Å²) in [4.78, 5) is 6.66. The van der Waals surface area contributed by atoms with Crippen molar-refractivity contribution < 1.29 is 17.9 Å². The number of nitrogens with one attached hydrogen (secondary N) is 3. The lowest BCUT2D eigenvalue weighted by Crippen LogP contribution is -2.50. The molecule has 0 aromatic heterocycles. The highest BCUT2D eigenvalue weighted by molar-refractivity contribution is 14.0. The van der Waals surface area contributed by atoms with Crippen molar-refractivity contribution in [2.75, 3.05) is 58.7 Å². The zero-order valence-electron chi connectivity index (χ0n) is 19.3. The number of guanidine groups is 1. The molecule has 0 amide bonds. The number of nitrogens with zero attached hydrogens (tertiary/aromatic N) is 2. The highest BCUT2D eigenvalue weighted by atomic mass is 127. The number of halogens is 1. The van der Waals surface area contributed by atoms with E-state index in [4.69, 9.17) is 9.47 Å². The Morgan fingerprint density at radius 3 is 2.58 bits per heavy atom. The summed E-state index contributed by atoms with van der Waals surface area (Å²) in [6, 6.07) is 0.344. The first-order valence-corrected chi connectivity index (χ1v) is 12.9. The van der Waals surface area contributed by atoms with Gasteiger partial charge in [-0.05, 0) is 46.0 Å². The zero-order chi connectivity index (χ0) is 21.8. The number of ether oxygens (including phenoxy) is 2. The Morgan fingerprint density at radius 1 is 1.23 bits per heavy atom. The summed E-state index contributed by atoms with van der Waals surface area (Å²) in [5.41, 5.74) is 0. The van der Waals surface area contributed by atoms with Gasteiger partial charge in [-0.15, -0.1) is 24.0 Å². The molecule has 2 aliphatic rings. The Kier molecular flexibility index (Phi) is 14.5. The summed E-state index contributed by atoms with van der Waals surface area (Å²) in [7, 11) is -1.62. The largest absolute Gasteiger partial charge is 0.377 e. The Morgan fingerprint density at radius 2 is 1.97 bits per heavy atom. The van der Waals surface area contributed by atoms with Gasteiger partial charge in [0.15, 0.2) is 5.96 Å². The van der Waals surface area contributed by atoms with E-state index in [-0.39, 0.29) is 41.9 Å². The molecule has 0 bridgehead atoms. The van der Waals surface area contributed by atoms with Crippen molar-refractivity contribution in [1.82, 2.24) is 20.3 Å². The van der Waals surface area contributed by atoms with Crippen LogP contribution < -0.4 is 15.4 Å². The molecule has 0 aromatic rings. The fourth-order valence-electron chi connectivity index (χ4n) is 3.67. The molecule has 0 aromatic carbocycles. The zero-order valence-corrected chi connectivity index (χ0v) is 22.4. The van der Waals surface area contributed by atoms with Crippen LogP contribution in [-0.4, -0.2) is 96.3 Å². The van der Waals surface area contributed by atoms with Crippen molar-refractivity contribution in [2.24, 2.45) is 4.99 Å². The SMILES string of the molecule is CN=C(NCCS(=O)(=O)NCC1CCCCO1)NC1CCN(CCOC(C)C)CC1.I. The molecular weight excluding hydrogens is 533 g/mol. The van der Waals surface area contributed by atoms with Crippen LogP contribution in [0.3, 0.4) is 0 Å². The van der Waals surface area contributed by atoms with E-state index in [1.54, 1.807) is 7.05 Å². The van der Waals surface area contributed by atoms with Gasteiger partial charge in [-0.1, -0.05) is 0 Å². The quantitative estimate of drug-likeness (QED) is 0.193. The van der Waals surface area contributed by atoms with E-state index in [1.807, 2.05) is 0 Å². The van der Waals surface area contributed by atoms with Gasteiger partial charge >= 0.3 is 0 Å². The summed E-state index contributed by atoms with van der Waals surface area (Å²) in [6.07, 6.45) is 5.41. The molecule has 2 fully saturated rings. The van der Waals surface area contributed by atoms with Crippen molar-refractivity contribution >= 4 is 40.0 Å². The molecule has 31 heavy (non-hydrogen) atoms. The van der Waals surface area contributed by atoms with Crippen molar-refractivity contribution in [3.63, 3.8) is 0 Å². The van der Waals surface area contributed by atoms with E-state index >= 15 is 0 Å². The molecule has 0 aliphatic carbocycles. The molecule has 0 spiro atoms. The third-order valence-corrected chi connectivity index (χ3v) is 6.83. The topological polar surface area (TPSA) is 104 Å². The first-order valence-electron chi connectivity index (χ1n) is 11.3. The Labute approximate surface area is 205 Å². The summed E-state index contributed by atoms with van der Waals surface area (Å²) >= 11 is 0. The number of piperidine rings is 1. The molecule has 2 heterocycles. The average Bonchev–Trinajstić information content (AvgIpc) is 2.73. The predicted molar refractivity (Wildman–Crippen MR) is 136 cm³/mol. The molecule has 184 valence electrons. The van der Waals surface area contributed by atoms with Crippen LogP contribution in [0.2, 0.25) is 0 Å². The van der Waals surface area contributed by atoms with Crippen LogP contribution in [0.4, 0.5) is 0 Å². The standard InChI is InChI=1S/C20H41N5O4S.HI/c1-17(2)28-14-12-25-10-7-18(8-11-25)24-20(21-3)22-9-15-30(26,27)23-16-19-6-4-5-13-29-19;/h17-19,23H,4-16H2,1-3H3,(H2,21,22,24);1H. The fourth-order valence-corrected chi connectivity index (χ4v) is 4.63. The van der Waals surface area contributed by atoms with E-state index in [0.29, 0.717) is 25.1 Å². The maximum atomic E-state index is 12.2. The molecule has 3 N–H and O–H groups in total. The fraction of sp³-hybridized carbons (Fsp3) is 0.950. The van der Waals surface area contributed by atoms with E-state index in [0.717, 1.165) is 65.0 Å². The smallest absolute Gasteiger partial charge is 0.213 e. The van der Waals surface area contributed by atoms with Gasteiger partial charge in [-0.25, -0.2) is 13.1 Å². The summed E-state index contributed by atoms with van der Waals surface area (Å²) < 4.78 is 38.3. The van der Waals surface area contributed by atoms with Crippen LogP contribution in [0.25, 0.3) is 0 Å². The van der Waals surface area contributed by atoms with E-state index in [2.05, 4.69) is 39.1 Å². The molecule has 1 atom stereocenters. The maximum Gasteiger partial charge on any atom is 0.213 e. The average molecular weight is 576 g/mol. The number of hydrogen-bond acceptors (Lipinski definition) is 6. The molecule has 2 saturated heterocycles. The minimum absolute atomic E-state index is 0. The van der Waals surface area contributed by atoms with Crippen molar-refractivity contribution in [2.45, 2.75) is 64.2 Å². The third kappa shape index (κ3) is 12.6. The van der Waals surface area contributed by atoms with Gasteiger partial charge in [0.2, 0.25) is 10.0 Å². The van der Waals surface area contributed by atoms with Crippen LogP contribution in [0.15, 0.2) is 4.99 Å². The van der Waals surface area contributed by atoms with Crippen LogP contribution >= 0.6 is 24.0 Å². The van der Waals surface area contributed by atoms with Crippen molar-refractivity contribution in [3.8, 4) is 0 Å².